The smallest absolute Gasteiger partial charge is 0.303 e. The van der Waals surface area contributed by atoms with Crippen LogP contribution in [-0.4, -0.2) is 34.6 Å². The normalized spacial score (nSPS) is 10.9. The number of nitrogens with zero attached hydrogens (tertiary/aromatic N) is 2. The second-order valence-corrected chi connectivity index (χ2v) is 4.64. The molecule has 5 heteroatoms. The lowest BCUT2D eigenvalue weighted by Gasteiger charge is -2.14. The molecule has 0 aliphatic carbocycles. The maximum absolute atomic E-state index is 10.3. The first-order valence-electron chi connectivity index (χ1n) is 5.46. The van der Waals surface area contributed by atoms with Crippen LogP contribution in [0.4, 0.5) is 0 Å². The van der Waals surface area contributed by atoms with E-state index in [4.69, 9.17) is 5.11 Å². The average molecular weight is 242 g/mol. The molecule has 0 radical (unpaired) electrons. The van der Waals surface area contributed by atoms with Gasteiger partial charge in [-0.25, -0.2) is 4.98 Å². The molecular formula is C11H18N2O2S. The molecule has 0 saturated carbocycles. The van der Waals surface area contributed by atoms with Crippen LogP contribution in [-0.2, 0) is 11.3 Å². The first kappa shape index (κ1) is 13.1. The Morgan fingerprint density at radius 1 is 1.50 bits per heavy atom. The number of aromatic nitrogens is 1. The zero-order valence-electron chi connectivity index (χ0n) is 9.56. The molecule has 0 fully saturated rings. The summed E-state index contributed by atoms with van der Waals surface area (Å²) < 4.78 is 0. The van der Waals surface area contributed by atoms with Gasteiger partial charge in [0.15, 0.2) is 0 Å². The third-order valence-corrected chi connectivity index (χ3v) is 2.98. The van der Waals surface area contributed by atoms with Gasteiger partial charge in [-0.15, -0.1) is 11.3 Å². The molecular weight excluding hydrogens is 224 g/mol. The quantitative estimate of drug-likeness (QED) is 0.710. The van der Waals surface area contributed by atoms with Crippen LogP contribution >= 0.6 is 11.3 Å². The van der Waals surface area contributed by atoms with Crippen molar-refractivity contribution in [3.05, 3.63) is 16.6 Å². The molecule has 0 atom stereocenters. The fraction of sp³-hybridized carbons (Fsp3) is 0.636. The van der Waals surface area contributed by atoms with Gasteiger partial charge in [0.05, 0.1) is 11.2 Å². The molecule has 90 valence electrons. The van der Waals surface area contributed by atoms with E-state index in [1.54, 1.807) is 11.3 Å². The van der Waals surface area contributed by atoms with E-state index in [9.17, 15) is 4.79 Å². The summed E-state index contributed by atoms with van der Waals surface area (Å²) in [7, 11) is 2.07. The molecule has 0 aliphatic heterocycles. The second-order valence-electron chi connectivity index (χ2n) is 3.92. The highest BCUT2D eigenvalue weighted by atomic mass is 32.1. The molecule has 0 amide bonds. The molecule has 1 heterocycles. The summed E-state index contributed by atoms with van der Waals surface area (Å²) in [6.45, 7) is 1.87. The highest BCUT2D eigenvalue weighted by Gasteiger charge is 2.02. The zero-order valence-corrected chi connectivity index (χ0v) is 10.4. The van der Waals surface area contributed by atoms with E-state index in [-0.39, 0.29) is 6.42 Å². The Morgan fingerprint density at radius 2 is 2.31 bits per heavy atom. The van der Waals surface area contributed by atoms with E-state index in [1.807, 2.05) is 5.51 Å². The molecule has 1 rings (SSSR count). The van der Waals surface area contributed by atoms with Crippen molar-refractivity contribution in [2.45, 2.75) is 32.2 Å². The predicted octanol–water partition coefficient (Wildman–Crippen LogP) is 2.22. The number of hydrogen-bond donors (Lipinski definition) is 1. The summed E-state index contributed by atoms with van der Waals surface area (Å²) in [5, 5.41) is 10.5. The van der Waals surface area contributed by atoms with Crippen molar-refractivity contribution in [3.8, 4) is 0 Å². The largest absolute Gasteiger partial charge is 0.481 e. The molecule has 0 unspecified atom stereocenters. The molecule has 0 saturated heterocycles. The van der Waals surface area contributed by atoms with Gasteiger partial charge in [0, 0.05) is 18.3 Å². The fourth-order valence-corrected chi connectivity index (χ4v) is 2.06. The lowest BCUT2D eigenvalue weighted by molar-refractivity contribution is -0.137. The molecule has 16 heavy (non-hydrogen) atoms. The number of thiazole rings is 1. The lowest BCUT2D eigenvalue weighted by atomic mass is 10.2. The van der Waals surface area contributed by atoms with E-state index in [0.717, 1.165) is 38.0 Å². The van der Waals surface area contributed by atoms with Crippen LogP contribution in [0.5, 0.6) is 0 Å². The van der Waals surface area contributed by atoms with Crippen LogP contribution in [0.25, 0.3) is 0 Å². The Labute approximate surface area is 99.9 Å². The van der Waals surface area contributed by atoms with Crippen LogP contribution in [0.2, 0.25) is 0 Å². The first-order valence-corrected chi connectivity index (χ1v) is 6.40. The Morgan fingerprint density at radius 3 is 2.94 bits per heavy atom. The predicted molar refractivity (Wildman–Crippen MR) is 64.6 cm³/mol. The van der Waals surface area contributed by atoms with Gasteiger partial charge < -0.3 is 10.0 Å². The zero-order chi connectivity index (χ0) is 11.8. The number of carbonyl (C=O) groups is 1. The summed E-state index contributed by atoms with van der Waals surface area (Å²) >= 11 is 1.61. The van der Waals surface area contributed by atoms with Gasteiger partial charge in [-0.3, -0.25) is 4.79 Å². The number of rotatable bonds is 8. The summed E-state index contributed by atoms with van der Waals surface area (Å²) in [5.74, 6) is -0.698. The maximum atomic E-state index is 10.3. The highest BCUT2D eigenvalue weighted by Crippen LogP contribution is 2.06. The topological polar surface area (TPSA) is 53.4 Å². The molecule has 0 spiro atoms. The van der Waals surface area contributed by atoms with Gasteiger partial charge in [-0.05, 0) is 26.4 Å². The van der Waals surface area contributed by atoms with Gasteiger partial charge in [-0.2, -0.15) is 0 Å². The Bertz CT molecular complexity index is 301. The summed E-state index contributed by atoms with van der Waals surface area (Å²) in [5.41, 5.74) is 2.95. The van der Waals surface area contributed by atoms with Crippen LogP contribution in [0.15, 0.2) is 10.9 Å². The Balaban J connectivity index is 2.02. The average Bonchev–Trinajstić information content (AvgIpc) is 2.69. The van der Waals surface area contributed by atoms with Gasteiger partial charge in [0.1, 0.15) is 0 Å². The monoisotopic (exact) mass is 242 g/mol. The molecule has 1 N–H and O–H groups in total. The van der Waals surface area contributed by atoms with Crippen molar-refractivity contribution in [1.29, 1.82) is 0 Å². The van der Waals surface area contributed by atoms with E-state index in [1.165, 1.54) is 0 Å². The first-order chi connectivity index (χ1) is 7.68. The number of hydrogen-bond acceptors (Lipinski definition) is 4. The number of carboxylic acids is 1. The fourth-order valence-electron chi connectivity index (χ4n) is 1.51. The van der Waals surface area contributed by atoms with Crippen LogP contribution in [0, 0.1) is 0 Å². The van der Waals surface area contributed by atoms with Crippen LogP contribution in [0.3, 0.4) is 0 Å². The SMILES string of the molecule is CN(CCCCCC(=O)O)Cc1cscn1. The van der Waals surface area contributed by atoms with E-state index < -0.39 is 5.97 Å². The Kier molecular flexibility index (Phi) is 6.03. The molecule has 4 nitrogen and oxygen atoms in total. The molecule has 0 bridgehead atoms. The van der Waals surface area contributed by atoms with Gasteiger partial charge in [0.2, 0.25) is 0 Å². The van der Waals surface area contributed by atoms with Crippen molar-refractivity contribution >= 4 is 17.3 Å². The van der Waals surface area contributed by atoms with Crippen molar-refractivity contribution in [2.24, 2.45) is 0 Å². The molecule has 0 aromatic carbocycles. The minimum Gasteiger partial charge on any atom is -0.481 e. The number of carboxylic acid groups (broad SMARTS) is 1. The Hall–Kier alpha value is -0.940. The van der Waals surface area contributed by atoms with Crippen LogP contribution < -0.4 is 0 Å². The summed E-state index contributed by atoms with van der Waals surface area (Å²) in [4.78, 5) is 16.7. The van der Waals surface area contributed by atoms with Crippen LogP contribution in [0.1, 0.15) is 31.4 Å². The number of aliphatic carboxylic acids is 1. The van der Waals surface area contributed by atoms with Crippen molar-refractivity contribution in [1.82, 2.24) is 9.88 Å². The maximum Gasteiger partial charge on any atom is 0.303 e. The summed E-state index contributed by atoms with van der Waals surface area (Å²) in [6, 6.07) is 0. The number of unbranched alkanes of at least 4 members (excludes halogenated alkanes) is 2. The standard InChI is InChI=1S/C11H18N2O2S/c1-13(7-10-8-16-9-12-10)6-4-2-3-5-11(14)15/h8-9H,2-7H2,1H3,(H,14,15). The van der Waals surface area contributed by atoms with Gasteiger partial charge in [0.25, 0.3) is 0 Å². The molecule has 1 aromatic rings. The van der Waals surface area contributed by atoms with E-state index >= 15 is 0 Å². The second kappa shape index (κ2) is 7.35. The van der Waals surface area contributed by atoms with Crippen molar-refractivity contribution in [3.63, 3.8) is 0 Å². The third kappa shape index (κ3) is 5.82. The van der Waals surface area contributed by atoms with E-state index in [2.05, 4.69) is 22.3 Å². The molecule has 1 aromatic heterocycles. The molecule has 0 aliphatic rings. The van der Waals surface area contributed by atoms with Gasteiger partial charge >= 0.3 is 5.97 Å². The van der Waals surface area contributed by atoms with Crippen molar-refractivity contribution < 1.29 is 9.90 Å². The minimum atomic E-state index is -0.698. The van der Waals surface area contributed by atoms with E-state index in [0.29, 0.717) is 0 Å². The van der Waals surface area contributed by atoms with Crippen molar-refractivity contribution in [2.75, 3.05) is 13.6 Å². The lowest BCUT2D eigenvalue weighted by Crippen LogP contribution is -2.19. The summed E-state index contributed by atoms with van der Waals surface area (Å²) in [6.07, 6.45) is 3.09. The minimum absolute atomic E-state index is 0.288. The van der Waals surface area contributed by atoms with Gasteiger partial charge in [-0.1, -0.05) is 6.42 Å². The third-order valence-electron chi connectivity index (χ3n) is 2.35. The highest BCUT2D eigenvalue weighted by molar-refractivity contribution is 7.07.